The van der Waals surface area contributed by atoms with Crippen LogP contribution in [-0.2, 0) is 10.0 Å². The minimum atomic E-state index is -3.44. The maximum absolute atomic E-state index is 11.2. The van der Waals surface area contributed by atoms with Gasteiger partial charge in [-0.3, -0.25) is 5.10 Å². The van der Waals surface area contributed by atoms with E-state index in [1.54, 1.807) is 6.92 Å². The first-order valence-electron chi connectivity index (χ1n) is 4.01. The Labute approximate surface area is 81.6 Å². The van der Waals surface area contributed by atoms with Crippen LogP contribution in [0.15, 0.2) is 6.33 Å². The van der Waals surface area contributed by atoms with Gasteiger partial charge in [0.2, 0.25) is 10.0 Å². The van der Waals surface area contributed by atoms with Crippen LogP contribution in [0.2, 0.25) is 0 Å². The Balaban J connectivity index is 2.61. The number of aromatic amines is 1. The molecule has 0 aliphatic carbocycles. The number of hydrogen-bond acceptors (Lipinski definition) is 5. The van der Waals surface area contributed by atoms with E-state index in [1.165, 1.54) is 6.33 Å². The minimum absolute atomic E-state index is 0.314. The van der Waals surface area contributed by atoms with Crippen LogP contribution in [0.1, 0.15) is 18.8 Å². The Hall–Kier alpha value is -0.990. The van der Waals surface area contributed by atoms with Gasteiger partial charge in [-0.25, -0.2) is 18.1 Å². The van der Waals surface area contributed by atoms with Gasteiger partial charge >= 0.3 is 0 Å². The highest BCUT2D eigenvalue weighted by atomic mass is 32.2. The summed E-state index contributed by atoms with van der Waals surface area (Å²) in [5.41, 5.74) is 0. The molecule has 3 N–H and O–H groups in total. The SMILES string of the molecule is CC(NS(=O)(=O)CCO)c1ncn[nH]1. The molecular weight excluding hydrogens is 208 g/mol. The summed E-state index contributed by atoms with van der Waals surface area (Å²) in [7, 11) is -3.44. The lowest BCUT2D eigenvalue weighted by atomic mass is 10.3. The van der Waals surface area contributed by atoms with E-state index in [0.29, 0.717) is 5.82 Å². The van der Waals surface area contributed by atoms with E-state index < -0.39 is 22.7 Å². The van der Waals surface area contributed by atoms with Crippen LogP contribution in [0.4, 0.5) is 0 Å². The lowest BCUT2D eigenvalue weighted by Crippen LogP contribution is -2.30. The normalized spacial score (nSPS) is 14.1. The molecule has 0 saturated carbocycles. The Kier molecular flexibility index (Phi) is 3.55. The van der Waals surface area contributed by atoms with Crippen molar-refractivity contribution in [2.45, 2.75) is 13.0 Å². The fraction of sp³-hybridized carbons (Fsp3) is 0.667. The van der Waals surface area contributed by atoms with Gasteiger partial charge in [-0.1, -0.05) is 0 Å². The highest BCUT2D eigenvalue weighted by Crippen LogP contribution is 2.05. The van der Waals surface area contributed by atoms with Crippen LogP contribution in [-0.4, -0.2) is 41.1 Å². The first-order valence-corrected chi connectivity index (χ1v) is 5.66. The molecule has 1 atom stereocenters. The summed E-state index contributed by atoms with van der Waals surface area (Å²) >= 11 is 0. The number of rotatable bonds is 5. The van der Waals surface area contributed by atoms with E-state index in [1.807, 2.05) is 0 Å². The summed E-state index contributed by atoms with van der Waals surface area (Å²) in [5.74, 6) is 0.123. The van der Waals surface area contributed by atoms with E-state index in [0.717, 1.165) is 0 Å². The number of nitrogens with zero attached hydrogens (tertiary/aromatic N) is 2. The van der Waals surface area contributed by atoms with Gasteiger partial charge in [-0.05, 0) is 6.92 Å². The highest BCUT2D eigenvalue weighted by molar-refractivity contribution is 7.89. The van der Waals surface area contributed by atoms with Crippen LogP contribution in [0.5, 0.6) is 0 Å². The standard InChI is InChI=1S/C6H12N4O3S/c1-5(6-7-4-8-9-6)10-14(12,13)3-2-11/h4-5,10-11H,2-3H2,1H3,(H,7,8,9). The van der Waals surface area contributed by atoms with Crippen molar-refractivity contribution in [3.8, 4) is 0 Å². The number of aliphatic hydroxyl groups excluding tert-OH is 1. The fourth-order valence-electron chi connectivity index (χ4n) is 0.928. The zero-order valence-corrected chi connectivity index (χ0v) is 8.45. The van der Waals surface area contributed by atoms with Crippen molar-refractivity contribution in [2.24, 2.45) is 0 Å². The number of aliphatic hydroxyl groups is 1. The fourth-order valence-corrected chi connectivity index (χ4v) is 1.94. The molecule has 0 aliphatic heterocycles. The van der Waals surface area contributed by atoms with Gasteiger partial charge in [-0.15, -0.1) is 0 Å². The second-order valence-corrected chi connectivity index (χ2v) is 4.63. The molecule has 80 valence electrons. The zero-order valence-electron chi connectivity index (χ0n) is 7.64. The molecule has 1 heterocycles. The topological polar surface area (TPSA) is 108 Å². The summed E-state index contributed by atoms with van der Waals surface area (Å²) < 4.78 is 24.7. The summed E-state index contributed by atoms with van der Waals surface area (Å²) in [6.45, 7) is 1.23. The van der Waals surface area contributed by atoms with E-state index in [2.05, 4.69) is 19.9 Å². The molecule has 1 rings (SSSR count). The van der Waals surface area contributed by atoms with Crippen molar-refractivity contribution in [2.75, 3.05) is 12.4 Å². The van der Waals surface area contributed by atoms with Gasteiger partial charge in [0.05, 0.1) is 18.4 Å². The third-order valence-corrected chi connectivity index (χ3v) is 2.99. The largest absolute Gasteiger partial charge is 0.395 e. The van der Waals surface area contributed by atoms with Crippen molar-refractivity contribution in [3.63, 3.8) is 0 Å². The molecule has 0 saturated heterocycles. The van der Waals surface area contributed by atoms with Crippen molar-refractivity contribution in [3.05, 3.63) is 12.2 Å². The molecule has 1 unspecified atom stereocenters. The maximum Gasteiger partial charge on any atom is 0.214 e. The predicted octanol–water partition coefficient (Wildman–Crippen LogP) is -1.22. The van der Waals surface area contributed by atoms with Crippen molar-refractivity contribution in [1.29, 1.82) is 0 Å². The predicted molar refractivity (Wildman–Crippen MR) is 48.8 cm³/mol. The lowest BCUT2D eigenvalue weighted by Gasteiger charge is -2.10. The Morgan fingerprint density at radius 3 is 2.93 bits per heavy atom. The van der Waals surface area contributed by atoms with Gasteiger partial charge in [0, 0.05) is 0 Å². The van der Waals surface area contributed by atoms with Crippen LogP contribution < -0.4 is 4.72 Å². The molecule has 7 nitrogen and oxygen atoms in total. The second kappa shape index (κ2) is 4.49. The second-order valence-electron chi connectivity index (χ2n) is 2.75. The molecular formula is C6H12N4O3S. The monoisotopic (exact) mass is 220 g/mol. The molecule has 0 aromatic carbocycles. The van der Waals surface area contributed by atoms with Crippen molar-refractivity contribution < 1.29 is 13.5 Å². The summed E-state index contributed by atoms with van der Waals surface area (Å²) in [5, 5.41) is 14.6. The number of aromatic nitrogens is 3. The first kappa shape index (κ1) is 11.1. The molecule has 0 fully saturated rings. The Bertz CT molecular complexity index is 360. The molecule has 8 heteroatoms. The molecule has 1 aromatic heterocycles. The molecule has 0 spiro atoms. The number of sulfonamides is 1. The Morgan fingerprint density at radius 1 is 1.71 bits per heavy atom. The number of nitrogens with one attached hydrogen (secondary N) is 2. The van der Waals surface area contributed by atoms with Gasteiger partial charge in [0.15, 0.2) is 0 Å². The van der Waals surface area contributed by atoms with Gasteiger partial charge in [-0.2, -0.15) is 5.10 Å². The lowest BCUT2D eigenvalue weighted by molar-refractivity contribution is 0.319. The van der Waals surface area contributed by atoms with Crippen LogP contribution in [0.25, 0.3) is 0 Å². The molecule has 1 aromatic rings. The molecule has 14 heavy (non-hydrogen) atoms. The smallest absolute Gasteiger partial charge is 0.214 e. The first-order chi connectivity index (χ1) is 6.55. The van der Waals surface area contributed by atoms with Crippen molar-refractivity contribution in [1.82, 2.24) is 19.9 Å². The molecule has 0 amide bonds. The molecule has 0 radical (unpaired) electrons. The van der Waals surface area contributed by atoms with Gasteiger partial charge in [0.25, 0.3) is 0 Å². The Morgan fingerprint density at radius 2 is 2.43 bits per heavy atom. The zero-order chi connectivity index (χ0) is 10.6. The highest BCUT2D eigenvalue weighted by Gasteiger charge is 2.16. The molecule has 0 bridgehead atoms. The average molecular weight is 220 g/mol. The van der Waals surface area contributed by atoms with Crippen LogP contribution in [0, 0.1) is 0 Å². The number of hydrogen-bond donors (Lipinski definition) is 3. The third kappa shape index (κ3) is 3.05. The van der Waals surface area contributed by atoms with Gasteiger partial charge in [0.1, 0.15) is 12.2 Å². The van der Waals surface area contributed by atoms with Crippen LogP contribution >= 0.6 is 0 Å². The van der Waals surface area contributed by atoms with Gasteiger partial charge < -0.3 is 5.11 Å². The van der Waals surface area contributed by atoms with E-state index in [4.69, 9.17) is 5.11 Å². The third-order valence-electron chi connectivity index (χ3n) is 1.56. The summed E-state index contributed by atoms with van der Waals surface area (Å²) in [6.07, 6.45) is 1.30. The quantitative estimate of drug-likeness (QED) is 0.576. The minimum Gasteiger partial charge on any atom is -0.395 e. The van der Waals surface area contributed by atoms with E-state index in [9.17, 15) is 8.42 Å². The van der Waals surface area contributed by atoms with E-state index in [-0.39, 0.29) is 5.75 Å². The maximum atomic E-state index is 11.2. The summed E-state index contributed by atoms with van der Waals surface area (Å²) in [6, 6.07) is -0.478. The average Bonchev–Trinajstić information content (AvgIpc) is 2.53. The van der Waals surface area contributed by atoms with E-state index >= 15 is 0 Å². The summed E-state index contributed by atoms with van der Waals surface area (Å²) in [4.78, 5) is 3.80. The van der Waals surface area contributed by atoms with Crippen LogP contribution in [0.3, 0.4) is 0 Å². The number of H-pyrrole nitrogens is 1. The van der Waals surface area contributed by atoms with Crippen molar-refractivity contribution >= 4 is 10.0 Å². The molecule has 0 aliphatic rings.